The van der Waals surface area contributed by atoms with Crippen LogP contribution in [0.5, 0.6) is 0 Å². The topological polar surface area (TPSA) is 57.6 Å². The molecule has 0 aromatic carbocycles. The van der Waals surface area contributed by atoms with E-state index in [1.165, 1.54) is 0 Å². The van der Waals surface area contributed by atoms with E-state index in [0.29, 0.717) is 17.7 Å². The second-order valence-electron chi connectivity index (χ2n) is 4.74. The summed E-state index contributed by atoms with van der Waals surface area (Å²) in [6.07, 6.45) is -2.18. The summed E-state index contributed by atoms with van der Waals surface area (Å²) < 4.78 is 36.7. The van der Waals surface area contributed by atoms with Crippen molar-refractivity contribution in [3.05, 3.63) is 0 Å². The zero-order valence-electron chi connectivity index (χ0n) is 8.96. The van der Waals surface area contributed by atoms with Gasteiger partial charge in [0.15, 0.2) is 0 Å². The first kappa shape index (κ1) is 12.2. The molecule has 0 bridgehead atoms. The van der Waals surface area contributed by atoms with Crippen LogP contribution in [0.1, 0.15) is 25.7 Å². The lowest BCUT2D eigenvalue weighted by Gasteiger charge is -2.53. The number of halogens is 3. The standard InChI is InChI=1S/C10H12F3NO3/c11-10(12,13)8(17)14-5-9(3-1-2-4-9)6(14)7(15)16/h6H,1-5H2,(H,15,16). The molecular formula is C10H12F3NO3. The van der Waals surface area contributed by atoms with Crippen molar-refractivity contribution in [3.8, 4) is 0 Å². The van der Waals surface area contributed by atoms with E-state index in [4.69, 9.17) is 5.11 Å². The van der Waals surface area contributed by atoms with E-state index in [0.717, 1.165) is 12.8 Å². The molecule has 4 nitrogen and oxygen atoms in total. The maximum atomic E-state index is 12.2. The van der Waals surface area contributed by atoms with Crippen LogP contribution in [0.3, 0.4) is 0 Å². The summed E-state index contributed by atoms with van der Waals surface area (Å²) in [5, 5.41) is 8.98. The first-order chi connectivity index (χ1) is 7.78. The Morgan fingerprint density at radius 1 is 1.24 bits per heavy atom. The Morgan fingerprint density at radius 3 is 2.18 bits per heavy atom. The van der Waals surface area contributed by atoms with E-state index in [2.05, 4.69) is 0 Å². The summed E-state index contributed by atoms with van der Waals surface area (Å²) in [5.74, 6) is -3.38. The van der Waals surface area contributed by atoms with Gasteiger partial charge in [-0.3, -0.25) is 4.79 Å². The molecule has 1 unspecified atom stereocenters. The van der Waals surface area contributed by atoms with Crippen molar-refractivity contribution < 1.29 is 27.9 Å². The van der Waals surface area contributed by atoms with Crippen molar-refractivity contribution in [1.29, 1.82) is 0 Å². The predicted molar refractivity (Wildman–Crippen MR) is 50.1 cm³/mol. The van der Waals surface area contributed by atoms with E-state index in [9.17, 15) is 22.8 Å². The first-order valence-corrected chi connectivity index (χ1v) is 5.38. The molecule has 1 N–H and O–H groups in total. The number of nitrogens with zero attached hydrogens (tertiary/aromatic N) is 1. The maximum Gasteiger partial charge on any atom is 0.471 e. The summed E-state index contributed by atoms with van der Waals surface area (Å²) in [4.78, 5) is 22.5. The number of carboxylic acid groups (broad SMARTS) is 1. The molecule has 2 fully saturated rings. The van der Waals surface area contributed by atoms with Gasteiger partial charge in [-0.15, -0.1) is 0 Å². The third-order valence-corrected chi connectivity index (χ3v) is 3.71. The number of hydrogen-bond acceptors (Lipinski definition) is 2. The molecular weight excluding hydrogens is 239 g/mol. The largest absolute Gasteiger partial charge is 0.480 e. The highest BCUT2D eigenvalue weighted by Gasteiger charge is 2.62. The van der Waals surface area contributed by atoms with Gasteiger partial charge in [0.05, 0.1) is 0 Å². The molecule has 1 atom stereocenters. The third-order valence-electron chi connectivity index (χ3n) is 3.71. The number of rotatable bonds is 1. The van der Waals surface area contributed by atoms with Gasteiger partial charge >= 0.3 is 18.1 Å². The average Bonchev–Trinajstić information content (AvgIpc) is 2.61. The van der Waals surface area contributed by atoms with Gasteiger partial charge in [0.25, 0.3) is 0 Å². The molecule has 1 saturated carbocycles. The maximum absolute atomic E-state index is 12.2. The molecule has 7 heteroatoms. The van der Waals surface area contributed by atoms with Crippen LogP contribution in [0.25, 0.3) is 0 Å². The van der Waals surface area contributed by atoms with Gasteiger partial charge in [0.2, 0.25) is 0 Å². The van der Waals surface area contributed by atoms with Gasteiger partial charge in [-0.1, -0.05) is 12.8 Å². The first-order valence-electron chi connectivity index (χ1n) is 5.38. The average molecular weight is 251 g/mol. The molecule has 1 saturated heterocycles. The Kier molecular flexibility index (Phi) is 2.59. The quantitative estimate of drug-likeness (QED) is 0.766. The normalized spacial score (nSPS) is 27.0. The summed E-state index contributed by atoms with van der Waals surface area (Å²) in [7, 11) is 0. The smallest absolute Gasteiger partial charge is 0.471 e. The molecule has 1 heterocycles. The number of carbonyl (C=O) groups excluding carboxylic acids is 1. The zero-order chi connectivity index (χ0) is 12.8. The Balaban J connectivity index is 2.18. The lowest BCUT2D eigenvalue weighted by molar-refractivity contribution is -0.209. The fraction of sp³-hybridized carbons (Fsp3) is 0.800. The van der Waals surface area contributed by atoms with Crippen molar-refractivity contribution in [3.63, 3.8) is 0 Å². The summed E-state index contributed by atoms with van der Waals surface area (Å²) in [6.45, 7) is -0.0810. The lowest BCUT2D eigenvalue weighted by Crippen LogP contribution is -2.70. The van der Waals surface area contributed by atoms with Crippen LogP contribution < -0.4 is 0 Å². The summed E-state index contributed by atoms with van der Waals surface area (Å²) in [6, 6.07) is -1.31. The highest BCUT2D eigenvalue weighted by Crippen LogP contribution is 2.51. The lowest BCUT2D eigenvalue weighted by atomic mass is 9.70. The summed E-state index contributed by atoms with van der Waals surface area (Å²) in [5.41, 5.74) is -0.618. The van der Waals surface area contributed by atoms with Crippen LogP contribution in [-0.2, 0) is 9.59 Å². The van der Waals surface area contributed by atoms with Crippen LogP contribution in [0.2, 0.25) is 0 Å². The van der Waals surface area contributed by atoms with Crippen molar-refractivity contribution >= 4 is 11.9 Å². The highest BCUT2D eigenvalue weighted by atomic mass is 19.4. The Hall–Kier alpha value is -1.27. The minimum atomic E-state index is -4.99. The van der Waals surface area contributed by atoms with Crippen molar-refractivity contribution in [1.82, 2.24) is 4.90 Å². The van der Waals surface area contributed by atoms with Gasteiger partial charge in [-0.2, -0.15) is 13.2 Å². The van der Waals surface area contributed by atoms with Gasteiger partial charge in [0, 0.05) is 12.0 Å². The van der Waals surface area contributed by atoms with E-state index in [1.54, 1.807) is 0 Å². The van der Waals surface area contributed by atoms with E-state index in [-0.39, 0.29) is 6.54 Å². The Bertz CT molecular complexity index is 360. The van der Waals surface area contributed by atoms with Crippen molar-refractivity contribution in [2.45, 2.75) is 37.9 Å². The van der Waals surface area contributed by atoms with Gasteiger partial charge < -0.3 is 10.0 Å². The number of carbonyl (C=O) groups is 2. The molecule has 1 amide bonds. The number of amides is 1. The van der Waals surface area contributed by atoms with Crippen LogP contribution in [-0.4, -0.2) is 40.6 Å². The minimum Gasteiger partial charge on any atom is -0.480 e. The minimum absolute atomic E-state index is 0.0810. The number of carboxylic acids is 1. The number of likely N-dealkylation sites (tertiary alicyclic amines) is 1. The SMILES string of the molecule is O=C(O)C1N(C(=O)C(F)(F)F)CC12CCCC2. The van der Waals surface area contributed by atoms with Crippen LogP contribution >= 0.6 is 0 Å². The van der Waals surface area contributed by atoms with E-state index >= 15 is 0 Å². The fourth-order valence-corrected chi connectivity index (χ4v) is 2.99. The Morgan fingerprint density at radius 2 is 1.76 bits per heavy atom. The molecule has 1 spiro atoms. The predicted octanol–water partition coefficient (Wildman–Crippen LogP) is 1.40. The number of alkyl halides is 3. The second kappa shape index (κ2) is 3.61. The highest BCUT2D eigenvalue weighted by molar-refractivity contribution is 5.89. The Labute approximate surface area is 95.4 Å². The molecule has 0 aromatic rings. The monoisotopic (exact) mass is 251 g/mol. The molecule has 0 radical (unpaired) electrons. The molecule has 1 aliphatic heterocycles. The van der Waals surface area contributed by atoms with Crippen molar-refractivity contribution in [2.75, 3.05) is 6.54 Å². The zero-order valence-corrected chi connectivity index (χ0v) is 8.96. The molecule has 2 rings (SSSR count). The molecule has 0 aromatic heterocycles. The van der Waals surface area contributed by atoms with Crippen LogP contribution in [0.4, 0.5) is 13.2 Å². The third kappa shape index (κ3) is 1.77. The number of hydrogen-bond donors (Lipinski definition) is 1. The molecule has 17 heavy (non-hydrogen) atoms. The van der Waals surface area contributed by atoms with Gasteiger partial charge in [-0.25, -0.2) is 4.79 Å². The van der Waals surface area contributed by atoms with E-state index < -0.39 is 29.5 Å². The second-order valence-corrected chi connectivity index (χ2v) is 4.74. The van der Waals surface area contributed by atoms with Crippen LogP contribution in [0.15, 0.2) is 0 Å². The van der Waals surface area contributed by atoms with Gasteiger partial charge in [0.1, 0.15) is 6.04 Å². The molecule has 1 aliphatic carbocycles. The fourth-order valence-electron chi connectivity index (χ4n) is 2.99. The number of aliphatic carboxylic acids is 1. The van der Waals surface area contributed by atoms with Crippen molar-refractivity contribution in [2.24, 2.45) is 5.41 Å². The molecule has 2 aliphatic rings. The van der Waals surface area contributed by atoms with E-state index in [1.807, 2.05) is 0 Å². The summed E-state index contributed by atoms with van der Waals surface area (Å²) >= 11 is 0. The van der Waals surface area contributed by atoms with Crippen LogP contribution in [0, 0.1) is 5.41 Å². The van der Waals surface area contributed by atoms with Gasteiger partial charge in [-0.05, 0) is 12.8 Å². The molecule has 96 valence electrons.